The van der Waals surface area contributed by atoms with Gasteiger partial charge in [0, 0.05) is 32.7 Å². The number of carbonyl (C=O) groups excluding carboxylic acids is 1. The summed E-state index contributed by atoms with van der Waals surface area (Å²) in [6.45, 7) is 6.01. The SMILES string of the molecule is Cc1cccc2oc(SCc3ccc(C(=O)N4CCN(C/C=C/c5ccccc5)CC4)o3)nc12. The molecule has 5 rings (SSSR count). The van der Waals surface area contributed by atoms with Crippen molar-refractivity contribution in [3.05, 3.63) is 89.4 Å². The lowest BCUT2D eigenvalue weighted by Crippen LogP contribution is -2.48. The fraction of sp³-hybridized carbons (Fsp3) is 0.259. The predicted octanol–water partition coefficient (Wildman–Crippen LogP) is 5.49. The first kappa shape index (κ1) is 22.5. The van der Waals surface area contributed by atoms with Crippen LogP contribution >= 0.6 is 11.8 Å². The van der Waals surface area contributed by atoms with Gasteiger partial charge in [-0.1, -0.05) is 66.4 Å². The zero-order valence-corrected chi connectivity index (χ0v) is 20.0. The molecule has 1 amide bonds. The molecule has 2 aromatic carbocycles. The Balaban J connectivity index is 1.11. The third-order valence-corrected chi connectivity index (χ3v) is 6.79. The average Bonchev–Trinajstić information content (AvgIpc) is 3.51. The molecule has 0 spiro atoms. The second-order valence-electron chi connectivity index (χ2n) is 8.36. The van der Waals surface area contributed by atoms with Gasteiger partial charge in [-0.2, -0.15) is 0 Å². The number of amides is 1. The second kappa shape index (κ2) is 10.3. The number of nitrogens with zero attached hydrogens (tertiary/aromatic N) is 3. The number of hydrogen-bond donors (Lipinski definition) is 0. The molecule has 0 bridgehead atoms. The number of fused-ring (bicyclic) bond motifs is 1. The molecular formula is C27H27N3O3S. The highest BCUT2D eigenvalue weighted by molar-refractivity contribution is 7.98. The van der Waals surface area contributed by atoms with Crippen LogP contribution in [-0.4, -0.2) is 53.4 Å². The number of para-hydroxylation sites is 1. The maximum Gasteiger partial charge on any atom is 0.289 e. The number of aryl methyl sites for hydroxylation is 1. The number of furan rings is 1. The van der Waals surface area contributed by atoms with Crippen molar-refractivity contribution in [2.45, 2.75) is 17.9 Å². The number of hydrogen-bond acceptors (Lipinski definition) is 6. The Labute approximate surface area is 203 Å². The zero-order chi connectivity index (χ0) is 23.3. The highest BCUT2D eigenvalue weighted by Gasteiger charge is 2.24. The standard InChI is InChI=1S/C27H27N3O3S/c1-20-7-5-11-23-25(20)28-27(33-23)34-19-22-12-13-24(32-22)26(31)30-17-15-29(16-18-30)14-6-10-21-8-3-2-4-9-21/h2-13H,14-19H2,1H3/b10-6+. The Morgan fingerprint density at radius 2 is 1.82 bits per heavy atom. The van der Waals surface area contributed by atoms with Gasteiger partial charge in [0.1, 0.15) is 11.3 Å². The molecule has 1 saturated heterocycles. The summed E-state index contributed by atoms with van der Waals surface area (Å²) in [7, 11) is 0. The number of rotatable bonds is 7. The van der Waals surface area contributed by atoms with E-state index in [0.29, 0.717) is 29.8 Å². The molecule has 0 atom stereocenters. The third-order valence-electron chi connectivity index (χ3n) is 5.94. The van der Waals surface area contributed by atoms with Crippen molar-refractivity contribution < 1.29 is 13.6 Å². The number of carbonyl (C=O) groups is 1. The Morgan fingerprint density at radius 3 is 2.62 bits per heavy atom. The van der Waals surface area contributed by atoms with Gasteiger partial charge >= 0.3 is 0 Å². The van der Waals surface area contributed by atoms with Crippen LogP contribution in [0.4, 0.5) is 0 Å². The molecule has 34 heavy (non-hydrogen) atoms. The summed E-state index contributed by atoms with van der Waals surface area (Å²) < 4.78 is 11.7. The molecule has 1 fully saturated rings. The Bertz CT molecular complexity index is 1290. The average molecular weight is 474 g/mol. The normalized spacial score (nSPS) is 14.9. The lowest BCUT2D eigenvalue weighted by Gasteiger charge is -2.33. The van der Waals surface area contributed by atoms with Crippen molar-refractivity contribution >= 4 is 34.8 Å². The van der Waals surface area contributed by atoms with Gasteiger partial charge in [-0.25, -0.2) is 4.98 Å². The molecule has 0 saturated carbocycles. The third kappa shape index (κ3) is 5.26. The minimum absolute atomic E-state index is 0.0479. The summed E-state index contributed by atoms with van der Waals surface area (Å²) in [5, 5.41) is 0.603. The molecule has 0 aliphatic carbocycles. The van der Waals surface area contributed by atoms with Gasteiger partial charge in [0.2, 0.25) is 0 Å². The van der Waals surface area contributed by atoms with Crippen LogP contribution in [0.15, 0.2) is 80.8 Å². The number of benzene rings is 2. The number of oxazole rings is 1. The Morgan fingerprint density at radius 1 is 1.00 bits per heavy atom. The van der Waals surface area contributed by atoms with Crippen molar-refractivity contribution in [2.24, 2.45) is 0 Å². The van der Waals surface area contributed by atoms with Crippen LogP contribution in [0, 0.1) is 6.92 Å². The summed E-state index contributed by atoms with van der Waals surface area (Å²) in [4.78, 5) is 21.7. The summed E-state index contributed by atoms with van der Waals surface area (Å²) >= 11 is 1.47. The molecular weight excluding hydrogens is 446 g/mol. The van der Waals surface area contributed by atoms with Crippen LogP contribution in [0.3, 0.4) is 0 Å². The zero-order valence-electron chi connectivity index (χ0n) is 19.1. The van der Waals surface area contributed by atoms with E-state index >= 15 is 0 Å². The molecule has 174 valence electrons. The van der Waals surface area contributed by atoms with Gasteiger partial charge in [0.25, 0.3) is 11.1 Å². The molecule has 7 heteroatoms. The van der Waals surface area contributed by atoms with Gasteiger partial charge in [-0.05, 0) is 36.2 Å². The maximum absolute atomic E-state index is 12.9. The van der Waals surface area contributed by atoms with Gasteiger partial charge in [0.05, 0.1) is 5.75 Å². The van der Waals surface area contributed by atoms with Crippen LogP contribution in [-0.2, 0) is 5.75 Å². The molecule has 0 N–H and O–H groups in total. The van der Waals surface area contributed by atoms with Crippen LogP contribution in [0.2, 0.25) is 0 Å². The minimum atomic E-state index is -0.0479. The number of thioether (sulfide) groups is 1. The molecule has 1 aliphatic rings. The summed E-state index contributed by atoms with van der Waals surface area (Å²) in [5.41, 5.74) is 3.96. The fourth-order valence-corrected chi connectivity index (χ4v) is 4.75. The topological polar surface area (TPSA) is 62.7 Å². The highest BCUT2D eigenvalue weighted by atomic mass is 32.2. The molecule has 0 unspecified atom stereocenters. The molecule has 1 aliphatic heterocycles. The van der Waals surface area contributed by atoms with Crippen LogP contribution in [0.1, 0.15) is 27.4 Å². The van der Waals surface area contributed by atoms with Crippen molar-refractivity contribution in [2.75, 3.05) is 32.7 Å². The van der Waals surface area contributed by atoms with E-state index in [9.17, 15) is 4.79 Å². The van der Waals surface area contributed by atoms with Gasteiger partial charge in [-0.15, -0.1) is 0 Å². The minimum Gasteiger partial charge on any atom is -0.455 e. The van der Waals surface area contributed by atoms with E-state index in [1.165, 1.54) is 17.3 Å². The van der Waals surface area contributed by atoms with Crippen molar-refractivity contribution in [1.29, 1.82) is 0 Å². The van der Waals surface area contributed by atoms with Crippen molar-refractivity contribution in [3.63, 3.8) is 0 Å². The van der Waals surface area contributed by atoms with Crippen molar-refractivity contribution in [3.8, 4) is 0 Å². The summed E-state index contributed by atoms with van der Waals surface area (Å²) in [6.07, 6.45) is 4.32. The second-order valence-corrected chi connectivity index (χ2v) is 9.29. The quantitative estimate of drug-likeness (QED) is 0.331. The van der Waals surface area contributed by atoms with Crippen LogP contribution in [0.5, 0.6) is 0 Å². The van der Waals surface area contributed by atoms with E-state index < -0.39 is 0 Å². The maximum atomic E-state index is 12.9. The fourth-order valence-electron chi connectivity index (χ4n) is 4.02. The van der Waals surface area contributed by atoms with E-state index in [4.69, 9.17) is 8.83 Å². The van der Waals surface area contributed by atoms with Crippen LogP contribution < -0.4 is 0 Å². The van der Waals surface area contributed by atoms with Gasteiger partial charge < -0.3 is 13.7 Å². The Hall–Kier alpha value is -3.29. The van der Waals surface area contributed by atoms with E-state index in [1.54, 1.807) is 6.07 Å². The first-order valence-electron chi connectivity index (χ1n) is 11.5. The molecule has 6 nitrogen and oxygen atoms in total. The summed E-state index contributed by atoms with van der Waals surface area (Å²) in [5.74, 6) is 1.63. The first-order chi connectivity index (χ1) is 16.7. The van der Waals surface area contributed by atoms with E-state index in [2.05, 4.69) is 34.2 Å². The molecule has 4 aromatic rings. The first-order valence-corrected chi connectivity index (χ1v) is 12.5. The van der Waals surface area contributed by atoms with E-state index in [1.807, 2.05) is 54.3 Å². The largest absolute Gasteiger partial charge is 0.455 e. The smallest absolute Gasteiger partial charge is 0.289 e. The lowest BCUT2D eigenvalue weighted by molar-refractivity contribution is 0.0617. The summed E-state index contributed by atoms with van der Waals surface area (Å²) in [6, 6.07) is 19.8. The van der Waals surface area contributed by atoms with E-state index in [0.717, 1.165) is 42.1 Å². The molecule has 2 aromatic heterocycles. The number of piperazine rings is 1. The van der Waals surface area contributed by atoms with Gasteiger partial charge in [-0.3, -0.25) is 9.69 Å². The molecule has 0 radical (unpaired) electrons. The monoisotopic (exact) mass is 473 g/mol. The highest BCUT2D eigenvalue weighted by Crippen LogP contribution is 2.28. The van der Waals surface area contributed by atoms with Crippen LogP contribution in [0.25, 0.3) is 17.2 Å². The predicted molar refractivity (Wildman–Crippen MR) is 135 cm³/mol. The van der Waals surface area contributed by atoms with E-state index in [-0.39, 0.29) is 5.91 Å². The molecule has 3 heterocycles. The van der Waals surface area contributed by atoms with Crippen molar-refractivity contribution in [1.82, 2.24) is 14.8 Å². The van der Waals surface area contributed by atoms with Gasteiger partial charge in [0.15, 0.2) is 11.3 Å². The Kier molecular flexibility index (Phi) is 6.83. The number of aromatic nitrogens is 1. The lowest BCUT2D eigenvalue weighted by atomic mass is 10.2.